The molecule has 0 atom stereocenters. The molecule has 0 fully saturated rings. The first-order valence-corrected chi connectivity index (χ1v) is 9.59. The summed E-state index contributed by atoms with van der Waals surface area (Å²) < 4.78 is 62.2. The number of aryl methyl sites for hydroxylation is 1. The van der Waals surface area contributed by atoms with Gasteiger partial charge in [-0.05, 0) is 48.2 Å². The molecule has 7 nitrogen and oxygen atoms in total. The van der Waals surface area contributed by atoms with Gasteiger partial charge in [0.05, 0.1) is 21.3 Å². The van der Waals surface area contributed by atoms with E-state index in [-0.39, 0.29) is 21.7 Å². The van der Waals surface area contributed by atoms with Crippen molar-refractivity contribution in [2.24, 2.45) is 0 Å². The summed E-state index contributed by atoms with van der Waals surface area (Å²) in [5, 5.41) is 11.8. The molecule has 0 saturated carbocycles. The van der Waals surface area contributed by atoms with Crippen molar-refractivity contribution in [3.05, 3.63) is 73.2 Å². The topological polar surface area (TPSA) is 98.0 Å². The summed E-state index contributed by atoms with van der Waals surface area (Å²) in [6.07, 6.45) is 0. The summed E-state index contributed by atoms with van der Waals surface area (Å²) in [5.41, 5.74) is 1.42. The van der Waals surface area contributed by atoms with Gasteiger partial charge in [0, 0.05) is 16.5 Å². The number of nitro groups is 1. The molecule has 28 heavy (non-hydrogen) atoms. The molecule has 1 amide bonds. The highest BCUT2D eigenvalue weighted by Gasteiger charge is 2.21. The van der Waals surface area contributed by atoms with Gasteiger partial charge in [0.2, 0.25) is 0 Å². The highest BCUT2D eigenvalue weighted by Crippen LogP contribution is 2.35. The molecule has 1 aliphatic rings. The van der Waals surface area contributed by atoms with E-state index in [2.05, 4.69) is 9.97 Å². The van der Waals surface area contributed by atoms with Crippen molar-refractivity contribution < 1.29 is 18.3 Å². The number of benzene rings is 1. The molecule has 0 saturated heterocycles. The maximum Gasteiger partial charge on any atom is 0.268 e. The zero-order chi connectivity index (χ0) is 25.2. The second-order valence-corrected chi connectivity index (χ2v) is 7.66. The van der Waals surface area contributed by atoms with Crippen molar-refractivity contribution in [1.82, 2.24) is 9.97 Å². The number of hydrogen-bond donors (Lipinski definition) is 1. The number of nitrogens with one attached hydrogen (secondary N) is 1. The van der Waals surface area contributed by atoms with Gasteiger partial charge in [0.15, 0.2) is 13.1 Å². The third-order valence-electron chi connectivity index (χ3n) is 3.77. The van der Waals surface area contributed by atoms with Gasteiger partial charge >= 0.3 is 0 Å². The van der Waals surface area contributed by atoms with Crippen molar-refractivity contribution in [3.8, 4) is 11.4 Å². The van der Waals surface area contributed by atoms with Crippen molar-refractivity contribution in [3.63, 3.8) is 0 Å². The normalized spacial score (nSPS) is 22.3. The fourth-order valence-corrected chi connectivity index (χ4v) is 4.02. The fourth-order valence-electron chi connectivity index (χ4n) is 2.44. The Kier molecular flexibility index (Phi) is 3.15. The van der Waals surface area contributed by atoms with Crippen molar-refractivity contribution in [1.29, 1.82) is 3.37 Å². The SMILES string of the molecule is [2H]C1=C(C(=O)N([2H])c2nc(-c3ccc(F)cc3)nc3c(C)csc23)[SH]([2H])([2H])([2H])C([N+](=O)[O-])=C1[2H]. The molecule has 144 valence electrons. The predicted molar refractivity (Wildman–Crippen MR) is 113 cm³/mol. The van der Waals surface area contributed by atoms with E-state index in [0.29, 0.717) is 16.6 Å². The van der Waals surface area contributed by atoms with Crippen LogP contribution in [0.2, 0.25) is 1.41 Å². The molecule has 3 aromatic rings. The van der Waals surface area contributed by atoms with Gasteiger partial charge in [-0.3, -0.25) is 14.9 Å². The molecule has 1 aromatic carbocycles. The Hall–Kier alpha value is -3.11. The van der Waals surface area contributed by atoms with E-state index < -0.39 is 50.2 Å². The second kappa shape index (κ2) is 7.13. The predicted octanol–water partition coefficient (Wildman–Crippen LogP) is 3.42. The number of carbonyl (C=O) groups excluding carboxylic acids is 1. The molecule has 10 heteroatoms. The number of rotatable bonds is 4. The molecule has 0 unspecified atom stereocenters. The number of anilines is 1. The van der Waals surface area contributed by atoms with Crippen LogP contribution in [0.1, 0.15) is 8.30 Å². The summed E-state index contributed by atoms with van der Waals surface area (Å²) >= 11 is -4.95. The maximum absolute atomic E-state index is 13.4. The van der Waals surface area contributed by atoms with Crippen LogP contribution >= 0.6 is 22.8 Å². The van der Waals surface area contributed by atoms with Crippen LogP contribution < -0.4 is 5.31 Å². The van der Waals surface area contributed by atoms with Crippen LogP contribution in [0.4, 0.5) is 10.2 Å². The van der Waals surface area contributed by atoms with Gasteiger partial charge in [-0.25, -0.2) is 25.8 Å². The summed E-state index contributed by atoms with van der Waals surface area (Å²) in [7, 11) is 0. The number of fused-ring (bicyclic) bond motifs is 1. The van der Waals surface area contributed by atoms with E-state index in [0.717, 1.165) is 11.3 Å². The van der Waals surface area contributed by atoms with Gasteiger partial charge < -0.3 is 5.31 Å². The number of amides is 1. The quantitative estimate of drug-likeness (QED) is 0.511. The van der Waals surface area contributed by atoms with Crippen LogP contribution in [0, 0.1) is 22.9 Å². The Morgan fingerprint density at radius 3 is 2.82 bits per heavy atom. The number of aromatic nitrogens is 2. The van der Waals surface area contributed by atoms with E-state index in [4.69, 9.17) is 7.52 Å². The third kappa shape index (κ3) is 3.39. The molecule has 1 aliphatic heterocycles. The van der Waals surface area contributed by atoms with Gasteiger partial charge in [-0.15, -0.1) is 11.3 Å². The van der Waals surface area contributed by atoms with E-state index in [1.807, 2.05) is 0 Å². The molecular weight excluding hydrogens is 403 g/mol. The first kappa shape index (κ1) is 12.4. The Bertz CT molecular complexity index is 1470. The number of halogens is 1. The average molecular weight is 425 g/mol. The fraction of sp³-hybridized carbons (Fsp3) is 0.0556. The lowest BCUT2D eigenvalue weighted by atomic mass is 10.2. The summed E-state index contributed by atoms with van der Waals surface area (Å²) in [6.45, 7) is 1.73. The van der Waals surface area contributed by atoms with Gasteiger partial charge in [0.25, 0.3) is 10.9 Å². The summed E-state index contributed by atoms with van der Waals surface area (Å²) in [5.74, 6) is -2.29. The first-order chi connectivity index (χ1) is 15.7. The van der Waals surface area contributed by atoms with Gasteiger partial charge in [-0.1, -0.05) is 0 Å². The minimum absolute atomic E-state index is 0.0333. The zero-order valence-electron chi connectivity index (χ0n) is 20.1. The van der Waals surface area contributed by atoms with Crippen LogP contribution in [-0.4, -0.2) is 24.2 Å². The molecule has 3 heterocycles. The van der Waals surface area contributed by atoms with Crippen LogP contribution in [0.3, 0.4) is 0 Å². The van der Waals surface area contributed by atoms with E-state index in [1.165, 1.54) is 24.3 Å². The zero-order valence-corrected chi connectivity index (χ0v) is 15.8. The van der Waals surface area contributed by atoms with Crippen molar-refractivity contribution >= 4 is 44.8 Å². The van der Waals surface area contributed by atoms with Gasteiger partial charge in [-0.2, -0.15) is 0 Å². The van der Waals surface area contributed by atoms with Crippen LogP contribution in [0.5, 0.6) is 0 Å². The lowest BCUT2D eigenvalue weighted by Crippen LogP contribution is -2.14. The van der Waals surface area contributed by atoms with E-state index >= 15 is 0 Å². The smallest absolute Gasteiger partial charge is 0.268 e. The van der Waals surface area contributed by atoms with Crippen LogP contribution in [0.25, 0.3) is 21.6 Å². The lowest BCUT2D eigenvalue weighted by Gasteiger charge is -2.10. The molecule has 0 radical (unpaired) electrons. The Balaban J connectivity index is 1.88. The van der Waals surface area contributed by atoms with Crippen molar-refractivity contribution in [2.75, 3.05) is 5.31 Å². The molecule has 4 rings (SSSR count). The van der Waals surface area contributed by atoms with E-state index in [1.54, 1.807) is 12.3 Å². The number of nitrogens with zero attached hydrogens (tertiary/aromatic N) is 3. The highest BCUT2D eigenvalue weighted by molar-refractivity contribution is 8.07. The number of allylic oxidation sites excluding steroid dienone is 2. The Labute approximate surface area is 173 Å². The molecule has 0 spiro atoms. The van der Waals surface area contributed by atoms with Crippen molar-refractivity contribution in [2.45, 2.75) is 6.92 Å². The summed E-state index contributed by atoms with van der Waals surface area (Å²) in [4.78, 5) is 30.7. The first-order valence-electron chi connectivity index (χ1n) is 10.6. The molecule has 0 aliphatic carbocycles. The molecule has 0 bridgehead atoms. The third-order valence-corrected chi connectivity index (χ3v) is 5.87. The molecule has 2 aromatic heterocycles. The Morgan fingerprint density at radius 1 is 1.39 bits per heavy atom. The second-order valence-electron chi connectivity index (χ2n) is 5.68. The lowest BCUT2D eigenvalue weighted by molar-refractivity contribution is -0.410. The van der Waals surface area contributed by atoms with Crippen LogP contribution in [0.15, 0.2) is 51.7 Å². The van der Waals surface area contributed by atoms with E-state index in [9.17, 15) is 19.3 Å². The maximum atomic E-state index is 13.4. The number of carbonyl (C=O) groups is 1. The average Bonchev–Trinajstić information content (AvgIpc) is 3.19. The number of thiophene rings is 1. The highest BCUT2D eigenvalue weighted by atomic mass is 32.2. The van der Waals surface area contributed by atoms with Gasteiger partial charge in [0.1, 0.15) is 5.82 Å². The Morgan fingerprint density at radius 2 is 2.14 bits per heavy atom. The number of hydrogen-bond acceptors (Lipinski definition) is 6. The minimum atomic E-state index is -6.05. The largest absolute Gasteiger partial charge is 0.305 e. The molecule has 1 N–H and O–H groups in total. The van der Waals surface area contributed by atoms with Crippen LogP contribution in [-0.2, 0) is 4.79 Å². The summed E-state index contributed by atoms with van der Waals surface area (Å²) in [6, 6.07) is 2.84. The monoisotopic (exact) mass is 424 g/mol. The molecular formula is C18H15FN4O3S2. The standard InChI is InChI=1S/C18H15FN4O3S2/c1-9-8-27-15-14(9)20-16(10-2-4-11(19)5-3-10)21-17(15)22-18(24)12-6-7-13(28-12)23(25)26/h2-8H,1H3,28H4,(H,20,21,22,24)/i6D,7D,28D3/hD. The minimum Gasteiger partial charge on any atom is -0.305 e.